The number of nitrogens with one attached hydrogen (secondary N) is 1. The zero-order valence-electron chi connectivity index (χ0n) is 15.7. The summed E-state index contributed by atoms with van der Waals surface area (Å²) in [4.78, 5) is 12.4. The number of benzene rings is 2. The van der Waals surface area contributed by atoms with Crippen molar-refractivity contribution in [3.63, 3.8) is 0 Å². The van der Waals surface area contributed by atoms with E-state index in [1.807, 2.05) is 6.92 Å². The van der Waals surface area contributed by atoms with Crippen LogP contribution in [0.15, 0.2) is 53.4 Å². The van der Waals surface area contributed by atoms with Crippen LogP contribution in [0.25, 0.3) is 6.08 Å². The van der Waals surface area contributed by atoms with Crippen LogP contribution >= 0.6 is 0 Å². The Hall–Kier alpha value is -2.80. The second kappa shape index (κ2) is 8.73. The minimum atomic E-state index is -3.24. The first-order valence-corrected chi connectivity index (χ1v) is 10.1. The lowest BCUT2D eigenvalue weighted by molar-refractivity contribution is -0.117. The van der Waals surface area contributed by atoms with E-state index < -0.39 is 9.84 Å². The summed E-state index contributed by atoms with van der Waals surface area (Å²) in [6.07, 6.45) is 4.25. The van der Waals surface area contributed by atoms with E-state index in [1.54, 1.807) is 50.6 Å². The van der Waals surface area contributed by atoms with Crippen LogP contribution in [0.5, 0.6) is 11.5 Å². The second-order valence-corrected chi connectivity index (χ2v) is 8.07. The number of sulfone groups is 1. The van der Waals surface area contributed by atoms with Crippen molar-refractivity contribution < 1.29 is 22.7 Å². The van der Waals surface area contributed by atoms with E-state index in [2.05, 4.69) is 5.32 Å². The highest BCUT2D eigenvalue weighted by atomic mass is 32.2. The van der Waals surface area contributed by atoms with Crippen LogP contribution in [0.2, 0.25) is 0 Å². The molecule has 0 saturated carbocycles. The Morgan fingerprint density at radius 3 is 2.07 bits per heavy atom. The third-order valence-corrected chi connectivity index (χ3v) is 5.10. The molecule has 1 atom stereocenters. The van der Waals surface area contributed by atoms with Crippen LogP contribution in [-0.2, 0) is 14.6 Å². The highest BCUT2D eigenvalue weighted by Crippen LogP contribution is 2.23. The summed E-state index contributed by atoms with van der Waals surface area (Å²) in [5, 5.41) is 2.84. The van der Waals surface area contributed by atoms with Crippen molar-refractivity contribution in [1.29, 1.82) is 0 Å². The number of ether oxygens (including phenoxy) is 2. The first-order valence-electron chi connectivity index (χ1n) is 8.24. The molecular formula is C20H23NO5S. The van der Waals surface area contributed by atoms with Gasteiger partial charge < -0.3 is 14.8 Å². The van der Waals surface area contributed by atoms with Gasteiger partial charge >= 0.3 is 0 Å². The molecule has 144 valence electrons. The zero-order chi connectivity index (χ0) is 20.0. The van der Waals surface area contributed by atoms with Crippen LogP contribution in [0.4, 0.5) is 0 Å². The molecule has 1 N–H and O–H groups in total. The fourth-order valence-corrected chi connectivity index (χ4v) is 3.08. The minimum Gasteiger partial charge on any atom is -0.497 e. The summed E-state index contributed by atoms with van der Waals surface area (Å²) in [6, 6.07) is 11.5. The van der Waals surface area contributed by atoms with E-state index >= 15 is 0 Å². The van der Waals surface area contributed by atoms with Gasteiger partial charge in [0.1, 0.15) is 11.5 Å². The molecule has 0 aliphatic heterocycles. The Balaban J connectivity index is 2.05. The predicted molar refractivity (Wildman–Crippen MR) is 105 cm³/mol. The Morgan fingerprint density at radius 2 is 1.59 bits per heavy atom. The quantitative estimate of drug-likeness (QED) is 0.736. The van der Waals surface area contributed by atoms with Gasteiger partial charge in [-0.3, -0.25) is 4.79 Å². The van der Waals surface area contributed by atoms with Crippen molar-refractivity contribution in [2.75, 3.05) is 20.5 Å². The Labute approximate surface area is 159 Å². The maximum absolute atomic E-state index is 12.2. The molecule has 27 heavy (non-hydrogen) atoms. The maximum Gasteiger partial charge on any atom is 0.244 e. The molecular weight excluding hydrogens is 366 g/mol. The number of hydrogen-bond acceptors (Lipinski definition) is 5. The molecule has 2 aromatic rings. The van der Waals surface area contributed by atoms with Crippen LogP contribution in [-0.4, -0.2) is 34.8 Å². The summed E-state index contributed by atoms with van der Waals surface area (Å²) in [7, 11) is -0.116. The molecule has 0 saturated heterocycles. The molecule has 2 rings (SSSR count). The predicted octanol–water partition coefficient (Wildman–Crippen LogP) is 3.00. The average molecular weight is 389 g/mol. The Bertz CT molecular complexity index is 911. The number of rotatable bonds is 7. The molecule has 0 spiro atoms. The first-order chi connectivity index (χ1) is 12.7. The normalized spacial score (nSPS) is 12.6. The van der Waals surface area contributed by atoms with Crippen LogP contribution in [0.1, 0.15) is 24.1 Å². The van der Waals surface area contributed by atoms with Crippen molar-refractivity contribution in [3.05, 3.63) is 59.7 Å². The van der Waals surface area contributed by atoms with E-state index in [9.17, 15) is 13.2 Å². The lowest BCUT2D eigenvalue weighted by Gasteiger charge is -2.13. The van der Waals surface area contributed by atoms with E-state index in [0.29, 0.717) is 11.5 Å². The van der Waals surface area contributed by atoms with Gasteiger partial charge in [-0.1, -0.05) is 12.1 Å². The van der Waals surface area contributed by atoms with Gasteiger partial charge in [-0.25, -0.2) is 8.42 Å². The van der Waals surface area contributed by atoms with Gasteiger partial charge in [0, 0.05) is 18.4 Å². The summed E-state index contributed by atoms with van der Waals surface area (Å²) < 4.78 is 33.4. The highest BCUT2D eigenvalue weighted by Gasteiger charge is 2.11. The molecule has 0 aliphatic carbocycles. The molecule has 0 unspecified atom stereocenters. The van der Waals surface area contributed by atoms with Gasteiger partial charge in [-0.05, 0) is 48.4 Å². The molecule has 6 nitrogen and oxygen atoms in total. The molecule has 2 aromatic carbocycles. The Kier molecular flexibility index (Phi) is 6.63. The minimum absolute atomic E-state index is 0.247. The van der Waals surface area contributed by atoms with Crippen molar-refractivity contribution >= 4 is 21.8 Å². The number of carbonyl (C=O) groups excluding carboxylic acids is 1. The summed E-state index contributed by atoms with van der Waals surface area (Å²) in [5.74, 6) is 0.999. The first kappa shape index (κ1) is 20.5. The van der Waals surface area contributed by atoms with Crippen molar-refractivity contribution in [1.82, 2.24) is 5.32 Å². The largest absolute Gasteiger partial charge is 0.497 e. The van der Waals surface area contributed by atoms with E-state index in [4.69, 9.17) is 9.47 Å². The maximum atomic E-state index is 12.2. The molecule has 0 aliphatic rings. The third-order valence-electron chi connectivity index (χ3n) is 3.97. The number of methoxy groups -OCH3 is 2. The molecule has 0 aromatic heterocycles. The topological polar surface area (TPSA) is 81.7 Å². The molecule has 0 heterocycles. The fraction of sp³-hybridized carbons (Fsp3) is 0.250. The molecule has 7 heteroatoms. The zero-order valence-corrected chi connectivity index (χ0v) is 16.5. The Morgan fingerprint density at radius 1 is 1.04 bits per heavy atom. The van der Waals surface area contributed by atoms with Gasteiger partial charge in [0.2, 0.25) is 5.91 Å². The lowest BCUT2D eigenvalue weighted by Crippen LogP contribution is -2.24. The molecule has 0 bridgehead atoms. The summed E-state index contributed by atoms with van der Waals surface area (Å²) >= 11 is 0. The van der Waals surface area contributed by atoms with Gasteiger partial charge in [0.15, 0.2) is 9.84 Å². The van der Waals surface area contributed by atoms with Gasteiger partial charge in [0.25, 0.3) is 0 Å². The van der Waals surface area contributed by atoms with Crippen LogP contribution < -0.4 is 14.8 Å². The number of amides is 1. The van der Waals surface area contributed by atoms with Crippen molar-refractivity contribution in [3.8, 4) is 11.5 Å². The van der Waals surface area contributed by atoms with Gasteiger partial charge in [-0.2, -0.15) is 0 Å². The van der Waals surface area contributed by atoms with E-state index in [0.717, 1.165) is 17.4 Å². The smallest absolute Gasteiger partial charge is 0.244 e. The lowest BCUT2D eigenvalue weighted by atomic mass is 10.1. The SMILES string of the molecule is COc1cc(/C=C/C(=O)N[C@@H](C)c2ccc(S(C)(=O)=O)cc2)cc(OC)c1. The second-order valence-electron chi connectivity index (χ2n) is 6.05. The van der Waals surface area contributed by atoms with E-state index in [-0.39, 0.29) is 16.8 Å². The average Bonchev–Trinajstić information content (AvgIpc) is 2.65. The van der Waals surface area contributed by atoms with Crippen molar-refractivity contribution in [2.24, 2.45) is 0 Å². The summed E-state index contributed by atoms with van der Waals surface area (Å²) in [6.45, 7) is 1.83. The monoisotopic (exact) mass is 389 g/mol. The number of carbonyl (C=O) groups is 1. The molecule has 0 fully saturated rings. The van der Waals surface area contributed by atoms with Gasteiger partial charge in [-0.15, -0.1) is 0 Å². The number of hydrogen-bond donors (Lipinski definition) is 1. The molecule has 0 radical (unpaired) electrons. The van der Waals surface area contributed by atoms with E-state index in [1.165, 1.54) is 18.2 Å². The van der Waals surface area contributed by atoms with Gasteiger partial charge in [0.05, 0.1) is 25.2 Å². The fourth-order valence-electron chi connectivity index (χ4n) is 2.45. The van der Waals surface area contributed by atoms with Crippen molar-refractivity contribution in [2.45, 2.75) is 17.9 Å². The van der Waals surface area contributed by atoms with Crippen LogP contribution in [0.3, 0.4) is 0 Å². The standard InChI is InChI=1S/C20H23NO5S/c1-14(16-6-8-19(9-7-16)27(4,23)24)21-20(22)10-5-15-11-17(25-2)13-18(12-15)26-3/h5-14H,1-4H3,(H,21,22)/b10-5+/t14-/m0/s1. The van der Waals surface area contributed by atoms with Crippen LogP contribution in [0, 0.1) is 0 Å². The molecule has 1 amide bonds. The third kappa shape index (κ3) is 5.86. The highest BCUT2D eigenvalue weighted by molar-refractivity contribution is 7.90. The summed E-state index contributed by atoms with van der Waals surface area (Å²) in [5.41, 5.74) is 1.58.